The van der Waals surface area contributed by atoms with E-state index in [1.807, 2.05) is 42.5 Å². The van der Waals surface area contributed by atoms with E-state index >= 15 is 0 Å². The molecule has 0 unspecified atom stereocenters. The molecule has 0 aliphatic heterocycles. The number of esters is 2. The number of carboxylic acid groups (broad SMARTS) is 1. The van der Waals surface area contributed by atoms with Crippen molar-refractivity contribution in [3.63, 3.8) is 0 Å². The summed E-state index contributed by atoms with van der Waals surface area (Å²) in [5, 5.41) is 20.3. The smallest absolute Gasteiger partial charge is 0.416 e. The Kier molecular flexibility index (Phi) is 14.2. The minimum absolute atomic E-state index is 0.0625. The zero-order valence-corrected chi connectivity index (χ0v) is 39.1. The molecule has 4 aromatic carbocycles. The van der Waals surface area contributed by atoms with Gasteiger partial charge in [-0.1, -0.05) is 60.7 Å². The van der Waals surface area contributed by atoms with Gasteiger partial charge >= 0.3 is 30.3 Å². The van der Waals surface area contributed by atoms with Crippen LogP contribution in [0.4, 0.5) is 37.7 Å². The molecule has 0 spiro atoms. The number of nitrogens with zero attached hydrogens (tertiary/aromatic N) is 4. The molecule has 0 saturated heterocycles. The Hall–Kier alpha value is -8.48. The number of carbonyl (C=O) groups is 4. The van der Waals surface area contributed by atoms with Gasteiger partial charge in [0, 0.05) is 23.8 Å². The molecule has 10 rings (SSSR count). The molecule has 73 heavy (non-hydrogen) atoms. The number of aromatic carboxylic acids is 1. The molecule has 4 heterocycles. The standard InChI is InChI=1S/C27H22F3N3O3.C16H11F3N2O2.C11H13NO2/c1-36-25(35)26(12-13-26)19-8-10-21(11-9-19)32-24(34)22-16-31-33-14-2-3-18(23(22)33)15-17-4-6-20(7-5-17)27(28,29)30;17-16(18,19)12-5-3-10(4-6-12)8-11-2-1-7-21-14(11)13(9-20-21)15(22)23;1-14-10(13)11(6-7-11)8-2-4-9(12)5-3-8/h2-11,14,16H,12-13,15H2,1H3,(H,32,34);1-7,9H,8H2,(H,22,23);2-5H,6-7,12H2,1H3. The van der Waals surface area contributed by atoms with Crippen LogP contribution < -0.4 is 11.1 Å². The normalized spacial score (nSPS) is 14.2. The molecule has 0 bridgehead atoms. The lowest BCUT2D eigenvalue weighted by atomic mass is 9.96. The van der Waals surface area contributed by atoms with Crippen molar-refractivity contribution in [2.24, 2.45) is 0 Å². The number of carbonyl (C=O) groups excluding carboxylic acids is 3. The summed E-state index contributed by atoms with van der Waals surface area (Å²) in [6.07, 6.45) is 1.15. The number of halogens is 6. The molecule has 2 aliphatic rings. The molecule has 19 heteroatoms. The van der Waals surface area contributed by atoms with Gasteiger partial charge in [0.2, 0.25) is 0 Å². The first-order valence-corrected chi connectivity index (χ1v) is 22.7. The average Bonchev–Trinajstić information content (AvgIpc) is 4.27. The van der Waals surface area contributed by atoms with Gasteiger partial charge in [-0.2, -0.15) is 36.5 Å². The Balaban J connectivity index is 0.000000163. The van der Waals surface area contributed by atoms with E-state index in [1.165, 1.54) is 55.4 Å². The van der Waals surface area contributed by atoms with Crippen molar-refractivity contribution >= 4 is 46.2 Å². The summed E-state index contributed by atoms with van der Waals surface area (Å²) in [5.74, 6) is -1.86. The topological polar surface area (TPSA) is 180 Å². The number of alkyl halides is 6. The van der Waals surface area contributed by atoms with Crippen LogP contribution in [-0.4, -0.2) is 62.4 Å². The van der Waals surface area contributed by atoms with Gasteiger partial charge in [-0.25, -0.2) is 13.8 Å². The van der Waals surface area contributed by atoms with E-state index in [2.05, 4.69) is 15.5 Å². The molecule has 0 radical (unpaired) electrons. The highest BCUT2D eigenvalue weighted by Gasteiger charge is 2.53. The van der Waals surface area contributed by atoms with Crippen LogP contribution in [0.2, 0.25) is 0 Å². The number of benzene rings is 4. The van der Waals surface area contributed by atoms with E-state index in [0.717, 1.165) is 72.3 Å². The summed E-state index contributed by atoms with van der Waals surface area (Å²) in [6, 6.07) is 31.4. The average molecular weight is 1000 g/mol. The number of nitrogens with one attached hydrogen (secondary N) is 1. The fourth-order valence-corrected chi connectivity index (χ4v) is 8.64. The number of nitrogen functional groups attached to an aromatic ring is 1. The Morgan fingerprint density at radius 3 is 1.38 bits per heavy atom. The zero-order chi connectivity index (χ0) is 52.3. The molecule has 4 aromatic heterocycles. The van der Waals surface area contributed by atoms with Crippen molar-refractivity contribution in [2.45, 2.75) is 61.7 Å². The Morgan fingerprint density at radius 2 is 1.00 bits per heavy atom. The van der Waals surface area contributed by atoms with Gasteiger partial charge in [0.25, 0.3) is 5.91 Å². The number of ether oxygens (including phenoxy) is 2. The number of rotatable bonds is 11. The van der Waals surface area contributed by atoms with Crippen LogP contribution in [0.25, 0.3) is 11.0 Å². The third-order valence-corrected chi connectivity index (χ3v) is 12.9. The molecule has 1 amide bonds. The quantitative estimate of drug-likeness (QED) is 0.0641. The summed E-state index contributed by atoms with van der Waals surface area (Å²) >= 11 is 0. The molecule has 8 aromatic rings. The van der Waals surface area contributed by atoms with Crippen LogP contribution in [0.5, 0.6) is 0 Å². The van der Waals surface area contributed by atoms with Crippen LogP contribution in [0.3, 0.4) is 0 Å². The molecule has 4 N–H and O–H groups in total. The minimum atomic E-state index is -4.40. The maximum Gasteiger partial charge on any atom is 0.416 e. The molecule has 13 nitrogen and oxygen atoms in total. The molecular weight excluding hydrogens is 959 g/mol. The first-order valence-electron chi connectivity index (χ1n) is 22.7. The molecule has 376 valence electrons. The van der Waals surface area contributed by atoms with Crippen LogP contribution in [0, 0.1) is 0 Å². The highest BCUT2D eigenvalue weighted by molar-refractivity contribution is 6.09. The molecule has 2 saturated carbocycles. The monoisotopic (exact) mass is 1000 g/mol. The van der Waals surface area contributed by atoms with Gasteiger partial charge in [-0.05, 0) is 133 Å². The third-order valence-electron chi connectivity index (χ3n) is 12.9. The highest BCUT2D eigenvalue weighted by Crippen LogP contribution is 2.50. The predicted octanol–water partition coefficient (Wildman–Crippen LogP) is 10.5. The number of fused-ring (bicyclic) bond motifs is 2. The lowest BCUT2D eigenvalue weighted by Crippen LogP contribution is -2.21. The van der Waals surface area contributed by atoms with Crippen LogP contribution in [0.15, 0.2) is 146 Å². The maximum atomic E-state index is 13.1. The summed E-state index contributed by atoms with van der Waals surface area (Å²) in [5.41, 5.74) is 10.5. The Morgan fingerprint density at radius 1 is 0.603 bits per heavy atom. The van der Waals surface area contributed by atoms with Crippen LogP contribution in [-0.2, 0) is 55.1 Å². The van der Waals surface area contributed by atoms with E-state index in [9.17, 15) is 50.6 Å². The first kappa shape index (κ1) is 50.9. The molecule has 0 atom stereocenters. The van der Waals surface area contributed by atoms with Gasteiger partial charge in [0.15, 0.2) is 0 Å². The Labute approximate surface area is 413 Å². The van der Waals surface area contributed by atoms with Crippen molar-refractivity contribution in [2.75, 3.05) is 25.3 Å². The van der Waals surface area contributed by atoms with Crippen molar-refractivity contribution in [1.82, 2.24) is 19.2 Å². The number of anilines is 2. The minimum Gasteiger partial charge on any atom is -0.478 e. The van der Waals surface area contributed by atoms with Crippen molar-refractivity contribution < 1.29 is 60.1 Å². The van der Waals surface area contributed by atoms with Crippen molar-refractivity contribution in [1.29, 1.82) is 0 Å². The number of pyridine rings is 2. The number of nitrogens with two attached hydrogens (primary N) is 1. The molecule has 2 fully saturated rings. The number of hydrogen-bond donors (Lipinski definition) is 3. The van der Waals surface area contributed by atoms with E-state index in [4.69, 9.17) is 15.2 Å². The number of carboxylic acids is 1. The third kappa shape index (κ3) is 11.0. The van der Waals surface area contributed by atoms with Crippen molar-refractivity contribution in [3.05, 3.63) is 202 Å². The largest absolute Gasteiger partial charge is 0.478 e. The summed E-state index contributed by atoms with van der Waals surface area (Å²) in [6.45, 7) is 0. The maximum absolute atomic E-state index is 13.1. The number of methoxy groups -OCH3 is 2. The second-order valence-corrected chi connectivity index (χ2v) is 17.6. The van der Waals surface area contributed by atoms with Gasteiger partial charge in [-0.15, -0.1) is 0 Å². The molecule has 2 aliphatic carbocycles. The first-order chi connectivity index (χ1) is 34.8. The second kappa shape index (κ2) is 20.3. The van der Waals surface area contributed by atoms with Gasteiger partial charge < -0.3 is 25.6 Å². The van der Waals surface area contributed by atoms with Crippen LogP contribution >= 0.6 is 0 Å². The van der Waals surface area contributed by atoms with Gasteiger partial charge in [0.1, 0.15) is 5.56 Å². The fraction of sp³-hybridized carbons (Fsp3) is 0.222. The Bertz CT molecular complexity index is 3310. The number of aromatic nitrogens is 4. The SMILES string of the molecule is COC(=O)C1(c2ccc(N)cc2)CC1.COC(=O)C1(c2ccc(NC(=O)c3cnn4cccc(Cc5ccc(C(F)(F)F)cc5)c34)cc2)CC1.O=C(O)c1cnn2cccc(Cc3ccc(C(F)(F)F)cc3)c12. The van der Waals surface area contributed by atoms with Crippen LogP contribution in [0.1, 0.15) is 90.9 Å². The van der Waals surface area contributed by atoms with E-state index in [1.54, 1.807) is 47.2 Å². The summed E-state index contributed by atoms with van der Waals surface area (Å²) in [4.78, 5) is 48.0. The molecular formula is C54H46F6N6O7. The van der Waals surface area contributed by atoms with E-state index in [-0.39, 0.29) is 28.8 Å². The highest BCUT2D eigenvalue weighted by atomic mass is 19.4. The predicted molar refractivity (Wildman–Crippen MR) is 257 cm³/mol. The lowest BCUT2D eigenvalue weighted by Gasteiger charge is -2.14. The summed E-state index contributed by atoms with van der Waals surface area (Å²) in [7, 11) is 2.80. The van der Waals surface area contributed by atoms with Gasteiger partial charge in [-0.3, -0.25) is 14.4 Å². The summed E-state index contributed by atoms with van der Waals surface area (Å²) < 4.78 is 89.1. The van der Waals surface area contributed by atoms with Gasteiger partial charge in [0.05, 0.1) is 65.2 Å². The number of amides is 1. The fourth-order valence-electron chi connectivity index (χ4n) is 8.64. The van der Waals surface area contributed by atoms with E-state index < -0.39 is 34.9 Å². The second-order valence-electron chi connectivity index (χ2n) is 17.6. The van der Waals surface area contributed by atoms with Crippen molar-refractivity contribution in [3.8, 4) is 0 Å². The van der Waals surface area contributed by atoms with E-state index in [0.29, 0.717) is 51.8 Å². The lowest BCUT2D eigenvalue weighted by molar-refractivity contribution is -0.144. The number of hydrogen-bond acceptors (Lipinski definition) is 9. The zero-order valence-electron chi connectivity index (χ0n) is 39.1.